The van der Waals surface area contributed by atoms with Crippen LogP contribution >= 0.6 is 69.9 Å². The van der Waals surface area contributed by atoms with Crippen LogP contribution in [0.15, 0.2) is 127 Å². The van der Waals surface area contributed by atoms with Crippen LogP contribution in [0.3, 0.4) is 0 Å². The van der Waals surface area contributed by atoms with Crippen molar-refractivity contribution in [2.24, 2.45) is 0 Å². The molecule has 3 aromatic heterocycles. The summed E-state index contributed by atoms with van der Waals surface area (Å²) in [4.78, 5) is 11.2. The molecule has 0 amide bonds. The fourth-order valence-corrected chi connectivity index (χ4v) is 16.5. The Labute approximate surface area is 700 Å². The summed E-state index contributed by atoms with van der Waals surface area (Å²) >= 11 is 11.7. The maximum Gasteiger partial charge on any atom is 1.00 e. The third-order valence-corrected chi connectivity index (χ3v) is 21.2. The smallest absolute Gasteiger partial charge is 1.00 e. The number of aromatic nitrogens is 3. The van der Waals surface area contributed by atoms with Gasteiger partial charge in [-0.05, 0) is 150 Å². The first-order valence-electron chi connectivity index (χ1n) is 30.8. The number of carbonyl (C=O) groups is 1. The SMILES string of the molecule is BrB(Br)Br.CC(C)I.CCn1c(-c2ccc(N3CCCS3(=O)=O)cc2)c(C#N)c2ccc(C)cc21.CCn1c(-c2ccc(N3CCCS3(=O)=O)cc2)c(C#N)c2ccc(O)cc21.CCn1c(-c2ccc(N3CCCS3(=O)=O)cc2)c(C#N)c2ccc(OC(C)C)cc21.O=CO[O-].[H-].[K+].[K+]. The molecule has 3 saturated heterocycles. The number of halogens is 4. The molecule has 1 N–H and O–H groups in total. The Kier molecular flexibility index (Phi) is 33.4. The third-order valence-electron chi connectivity index (χ3n) is 15.6. The standard InChI is InChI=1S/C23H25N3O3S.C21H21N3O2S.C20H19N3O3S.C3H7I.CH2O3.BBr3.2K.H/c1-4-25-22-14-19(29-16(2)3)10-11-20(22)21(15-24)23(25)17-6-8-18(9-7-17)26-12-5-13-30(26,27)28;1-3-23-20-13-15(2)5-10-18(20)19(14-22)21(23)16-6-8-17(9-7-16)24-11-4-12-27(24,25)26;1-2-22-19-12-16(24)8-9-17(19)18(13-21)20(22)14-4-6-15(7-5-14)23-10-3-11-27(23,25)26;1-3(2)4;2-1-4-3;2-1(3)4;;;/h6-11,14,16H,4-5,12-13H2,1-3H3;5-10,13H,3-4,11-12H2,1-2H3;4-9,12,24H,2-3,10-11H2,1H3;3H,1-2H3;1,3H;;;;/q;;;;;;2*+1;-1/p-1. The first kappa shape index (κ1) is 84.8. The van der Waals surface area contributed by atoms with Crippen LogP contribution in [-0.2, 0) is 59.4 Å². The summed E-state index contributed by atoms with van der Waals surface area (Å²) in [6, 6.07) is 46.2. The molecule has 30 heteroatoms. The Balaban J connectivity index is 0.000000287. The number of ether oxygens (including phenoxy) is 1. The molecule has 6 aromatic carbocycles. The molecule has 6 heterocycles. The van der Waals surface area contributed by atoms with Crippen LogP contribution in [0.25, 0.3) is 66.5 Å². The first-order chi connectivity index (χ1) is 45.6. The van der Waals surface area contributed by atoms with E-state index in [-0.39, 0.29) is 143 Å². The molecule has 0 atom stereocenters. The second-order valence-corrected chi connectivity index (χ2v) is 37.6. The van der Waals surface area contributed by atoms with Crippen molar-refractivity contribution >= 4 is 159 Å². The van der Waals surface area contributed by atoms with E-state index in [1.807, 2.05) is 130 Å². The number of phenols is 1. The van der Waals surface area contributed by atoms with Gasteiger partial charge in [0.1, 0.15) is 29.7 Å². The normalized spacial score (nSPS) is 14.4. The van der Waals surface area contributed by atoms with E-state index >= 15 is 0 Å². The Morgan fingerprint density at radius 3 is 1.13 bits per heavy atom. The van der Waals surface area contributed by atoms with Gasteiger partial charge in [0.25, 0.3) is 6.47 Å². The number of fused-ring (bicyclic) bond motifs is 3. The van der Waals surface area contributed by atoms with Crippen molar-refractivity contribution < 1.29 is 154 Å². The predicted octanol–water partition coefficient (Wildman–Crippen LogP) is 8.56. The molecule has 0 unspecified atom stereocenters. The molecule has 0 spiro atoms. The molecule has 20 nitrogen and oxygen atoms in total. The van der Waals surface area contributed by atoms with Crippen LogP contribution in [0.2, 0.25) is 0 Å². The fraction of sp³-hybridized carbons (Fsp3) is 0.324. The molecule has 0 bridgehead atoms. The summed E-state index contributed by atoms with van der Waals surface area (Å²) in [6.07, 6.45) is 2.01. The minimum Gasteiger partial charge on any atom is -1.00 e. The summed E-state index contributed by atoms with van der Waals surface area (Å²) in [5.41, 5.74) is 12.9. The Morgan fingerprint density at radius 1 is 0.561 bits per heavy atom. The second-order valence-electron chi connectivity index (χ2n) is 22.6. The molecule has 98 heavy (non-hydrogen) atoms. The molecule has 12 rings (SSSR count). The molecule has 508 valence electrons. The number of nitriles is 3. The average Bonchev–Trinajstić information content (AvgIpc) is 1.62. The van der Waals surface area contributed by atoms with E-state index in [1.54, 1.807) is 30.3 Å². The van der Waals surface area contributed by atoms with Crippen LogP contribution < -0.4 is 126 Å². The zero-order valence-corrected chi connectivity index (χ0v) is 71.8. The number of aromatic hydroxyl groups is 1. The van der Waals surface area contributed by atoms with Crippen molar-refractivity contribution in [3.8, 4) is 63.5 Å². The van der Waals surface area contributed by atoms with E-state index in [0.29, 0.717) is 85.7 Å². The number of aryl methyl sites for hydroxylation is 4. The van der Waals surface area contributed by atoms with Crippen LogP contribution in [0.5, 0.6) is 11.5 Å². The molecule has 3 fully saturated rings. The molecule has 3 aliphatic heterocycles. The molecule has 9 aromatic rings. The summed E-state index contributed by atoms with van der Waals surface area (Å²) in [5, 5.41) is 50.4. The largest absolute Gasteiger partial charge is 1.00 e. The number of alkyl halides is 1. The Bertz CT molecular complexity index is 4540. The maximum absolute atomic E-state index is 12.2. The maximum atomic E-state index is 12.2. The van der Waals surface area contributed by atoms with Crippen molar-refractivity contribution in [1.82, 2.24) is 13.7 Å². The Morgan fingerprint density at radius 2 is 0.857 bits per heavy atom. The number of nitrogens with zero attached hydrogens (tertiary/aromatic N) is 9. The van der Waals surface area contributed by atoms with Gasteiger partial charge in [0.15, 0.2) is 0 Å². The minimum absolute atomic E-state index is 0. The topological polar surface area (TPSA) is 277 Å². The van der Waals surface area contributed by atoms with Gasteiger partial charge in [-0.3, -0.25) is 17.7 Å². The van der Waals surface area contributed by atoms with Gasteiger partial charge in [0.05, 0.1) is 90.7 Å². The van der Waals surface area contributed by atoms with Gasteiger partial charge >= 0.3 is 106 Å². The van der Waals surface area contributed by atoms with Crippen LogP contribution in [-0.4, -0.2) is 101 Å². The second kappa shape index (κ2) is 38.6. The van der Waals surface area contributed by atoms with Gasteiger partial charge in [-0.15, -0.1) is 47.3 Å². The van der Waals surface area contributed by atoms with Crippen molar-refractivity contribution in [1.29, 1.82) is 15.8 Å². The number of hydrogen-bond donors (Lipinski definition) is 1. The number of benzene rings is 6. The van der Waals surface area contributed by atoms with E-state index in [9.17, 15) is 46.1 Å². The zero-order chi connectivity index (χ0) is 70.4. The Hall–Kier alpha value is -3.80. The van der Waals surface area contributed by atoms with E-state index in [2.05, 4.69) is 129 Å². The van der Waals surface area contributed by atoms with Gasteiger partial charge in [0.2, 0.25) is 30.1 Å². The summed E-state index contributed by atoms with van der Waals surface area (Å²) in [7, 11) is -9.63. The summed E-state index contributed by atoms with van der Waals surface area (Å²) < 4.78 is 90.5. The first-order valence-corrected chi connectivity index (χ1v) is 39.6. The predicted molar refractivity (Wildman–Crippen MR) is 403 cm³/mol. The minimum atomic E-state index is -3.22. The number of anilines is 3. The molecular formula is C68H74BBr3IK2N9O11S3. The van der Waals surface area contributed by atoms with Gasteiger partial charge < -0.3 is 35.1 Å². The number of carbonyl (C=O) groups excluding carboxylic acids is 1. The third kappa shape index (κ3) is 20.5. The molecule has 3 aliphatic rings. The fourth-order valence-electron chi connectivity index (χ4n) is 11.8. The molecule has 0 aliphatic carbocycles. The quantitative estimate of drug-likeness (QED) is 0.0300. The van der Waals surface area contributed by atoms with Gasteiger partial charge in [-0.1, -0.05) is 85.0 Å². The van der Waals surface area contributed by atoms with Crippen molar-refractivity contribution in [3.05, 3.63) is 150 Å². The van der Waals surface area contributed by atoms with Gasteiger partial charge in [-0.2, -0.15) is 15.8 Å². The summed E-state index contributed by atoms with van der Waals surface area (Å²) in [5.74, 6) is 1.51. The van der Waals surface area contributed by atoms with Crippen molar-refractivity contribution in [3.63, 3.8) is 0 Å². The molecule has 0 saturated carbocycles. The van der Waals surface area contributed by atoms with Crippen molar-refractivity contribution in [2.75, 3.05) is 49.8 Å². The monoisotopic (exact) mass is 1740 g/mol. The van der Waals surface area contributed by atoms with Crippen molar-refractivity contribution in [2.45, 2.75) is 104 Å². The average molecular weight is 1750 g/mol. The number of hydrogen-bond acceptors (Lipinski definition) is 14. The zero-order valence-electron chi connectivity index (χ0n) is 57.2. The van der Waals surface area contributed by atoms with Crippen LogP contribution in [0.1, 0.15) is 91.4 Å². The van der Waals surface area contributed by atoms with E-state index in [1.165, 1.54) is 12.9 Å². The van der Waals surface area contributed by atoms with Crippen LogP contribution in [0.4, 0.5) is 17.1 Å². The molecule has 0 radical (unpaired) electrons. The number of rotatable bonds is 12. The molecular weight excluding hydrogens is 1670 g/mol. The van der Waals surface area contributed by atoms with E-state index in [0.717, 1.165) is 88.3 Å². The van der Waals surface area contributed by atoms with E-state index < -0.39 is 30.1 Å². The van der Waals surface area contributed by atoms with Gasteiger partial charge in [0, 0.05) is 71.5 Å². The number of phenolic OH excluding ortho intramolecular Hbond substituents is 1. The summed E-state index contributed by atoms with van der Waals surface area (Å²) in [6.45, 7) is 19.9. The van der Waals surface area contributed by atoms with Gasteiger partial charge in [-0.25, -0.2) is 25.3 Å². The van der Waals surface area contributed by atoms with E-state index in [4.69, 9.17) is 14.8 Å². The van der Waals surface area contributed by atoms with Crippen LogP contribution in [0, 0.1) is 40.9 Å². The number of sulfonamides is 3.